The Hall–Kier alpha value is -1.79. The van der Waals surface area contributed by atoms with Gasteiger partial charge in [0.05, 0.1) is 12.9 Å². The molecule has 1 aromatic carbocycles. The van der Waals surface area contributed by atoms with Crippen molar-refractivity contribution in [2.24, 2.45) is 0 Å². The molecule has 2 heterocycles. The highest BCUT2D eigenvalue weighted by molar-refractivity contribution is 7.91. The summed E-state index contributed by atoms with van der Waals surface area (Å²) < 4.78 is 29.7. The Balaban J connectivity index is 1.80. The number of ether oxygens (including phenoxy) is 1. The highest BCUT2D eigenvalue weighted by atomic mass is 32.2. The van der Waals surface area contributed by atoms with Crippen molar-refractivity contribution in [1.29, 1.82) is 0 Å². The maximum absolute atomic E-state index is 12.2. The summed E-state index contributed by atoms with van der Waals surface area (Å²) in [5, 5.41) is 0. The molecule has 0 unspecified atom stereocenters. The first-order valence-corrected chi connectivity index (χ1v) is 11.0. The van der Waals surface area contributed by atoms with Gasteiger partial charge >= 0.3 is 0 Å². The molecule has 1 aromatic heterocycles. The predicted molar refractivity (Wildman–Crippen MR) is 104 cm³/mol. The number of aromatic nitrogens is 1. The Morgan fingerprint density at radius 2 is 1.81 bits per heavy atom. The van der Waals surface area contributed by atoms with Crippen LogP contribution in [0.1, 0.15) is 38.3 Å². The number of hydrogen-bond acceptors (Lipinski definition) is 4. The average molecular weight is 377 g/mol. The van der Waals surface area contributed by atoms with Gasteiger partial charge in [-0.3, -0.25) is 4.90 Å². The zero-order valence-corrected chi connectivity index (χ0v) is 16.4. The van der Waals surface area contributed by atoms with Crippen molar-refractivity contribution in [3.63, 3.8) is 0 Å². The van der Waals surface area contributed by atoms with Crippen LogP contribution < -0.4 is 4.74 Å². The summed E-state index contributed by atoms with van der Waals surface area (Å²) in [6, 6.07) is 9.44. The summed E-state index contributed by atoms with van der Waals surface area (Å²) in [4.78, 5) is 6.23. The van der Waals surface area contributed by atoms with E-state index in [9.17, 15) is 8.42 Å². The minimum Gasteiger partial charge on any atom is -0.495 e. The maximum Gasteiger partial charge on any atom is 0.181 e. The van der Waals surface area contributed by atoms with Gasteiger partial charge in [0.1, 0.15) is 10.6 Å². The molecule has 1 aliphatic rings. The molecule has 26 heavy (non-hydrogen) atoms. The molecule has 1 saturated heterocycles. The third-order valence-electron chi connectivity index (χ3n) is 5.03. The fraction of sp³-hybridized carbons (Fsp3) is 0.500. The molecule has 1 fully saturated rings. The SMILES string of the molecule is CCS(=O)(=O)c1ccc(-c2ccc(CN3CCCCCC3)[nH]2)cc1OC. The van der Waals surface area contributed by atoms with Crippen LogP contribution in [-0.2, 0) is 16.4 Å². The number of aromatic amines is 1. The van der Waals surface area contributed by atoms with E-state index < -0.39 is 9.84 Å². The molecule has 0 atom stereocenters. The Bertz CT molecular complexity index is 834. The molecule has 6 heteroatoms. The quantitative estimate of drug-likeness (QED) is 0.831. The normalized spacial score (nSPS) is 16.4. The molecule has 0 radical (unpaired) electrons. The molecule has 142 valence electrons. The van der Waals surface area contributed by atoms with E-state index in [1.165, 1.54) is 38.5 Å². The lowest BCUT2D eigenvalue weighted by Crippen LogP contribution is -2.24. The fourth-order valence-corrected chi connectivity index (χ4v) is 4.52. The molecule has 0 bridgehead atoms. The van der Waals surface area contributed by atoms with Crippen LogP contribution in [0.4, 0.5) is 0 Å². The van der Waals surface area contributed by atoms with Crippen LogP contribution in [-0.4, -0.2) is 44.3 Å². The zero-order chi connectivity index (χ0) is 18.6. The molecule has 0 amide bonds. The van der Waals surface area contributed by atoms with E-state index in [0.29, 0.717) is 5.75 Å². The molecule has 1 N–H and O–H groups in total. The van der Waals surface area contributed by atoms with Crippen LogP contribution in [0.5, 0.6) is 5.75 Å². The first kappa shape index (κ1) is 19.0. The standard InChI is InChI=1S/C20H28N2O3S/c1-3-26(23,24)20-11-8-16(14-19(20)25-2)18-10-9-17(21-18)15-22-12-6-4-5-7-13-22/h8-11,14,21H,3-7,12-13,15H2,1-2H3. The summed E-state index contributed by atoms with van der Waals surface area (Å²) in [7, 11) is -1.79. The minimum atomic E-state index is -3.30. The van der Waals surface area contributed by atoms with Gasteiger partial charge in [-0.25, -0.2) is 8.42 Å². The molecule has 3 rings (SSSR count). The molecule has 0 spiro atoms. The van der Waals surface area contributed by atoms with Gasteiger partial charge < -0.3 is 9.72 Å². The fourth-order valence-electron chi connectivity index (χ4n) is 3.48. The van der Waals surface area contributed by atoms with Crippen LogP contribution in [0, 0.1) is 0 Å². The van der Waals surface area contributed by atoms with E-state index >= 15 is 0 Å². The molecule has 2 aromatic rings. The monoisotopic (exact) mass is 376 g/mol. The van der Waals surface area contributed by atoms with Crippen LogP contribution in [0.25, 0.3) is 11.3 Å². The van der Waals surface area contributed by atoms with Crippen LogP contribution in [0.15, 0.2) is 35.2 Å². The van der Waals surface area contributed by atoms with E-state index in [2.05, 4.69) is 22.0 Å². The lowest BCUT2D eigenvalue weighted by Gasteiger charge is -2.18. The van der Waals surface area contributed by atoms with Crippen molar-refractivity contribution >= 4 is 9.84 Å². The lowest BCUT2D eigenvalue weighted by molar-refractivity contribution is 0.274. The van der Waals surface area contributed by atoms with Gasteiger partial charge in [0.2, 0.25) is 0 Å². The van der Waals surface area contributed by atoms with Crippen molar-refractivity contribution in [2.45, 2.75) is 44.0 Å². The van der Waals surface area contributed by atoms with Crippen molar-refractivity contribution in [2.75, 3.05) is 26.0 Å². The Kier molecular flexibility index (Phi) is 6.04. The molecular weight excluding hydrogens is 348 g/mol. The first-order chi connectivity index (χ1) is 12.5. The number of methoxy groups -OCH3 is 1. The van der Waals surface area contributed by atoms with Gasteiger partial charge in [-0.1, -0.05) is 25.8 Å². The Morgan fingerprint density at radius 3 is 2.46 bits per heavy atom. The van der Waals surface area contributed by atoms with E-state index in [1.54, 1.807) is 19.1 Å². The van der Waals surface area contributed by atoms with E-state index in [4.69, 9.17) is 4.74 Å². The van der Waals surface area contributed by atoms with Crippen LogP contribution >= 0.6 is 0 Å². The predicted octanol–water partition coefficient (Wildman–Crippen LogP) is 3.86. The second-order valence-electron chi connectivity index (χ2n) is 6.86. The van der Waals surface area contributed by atoms with Gasteiger partial charge in [0.15, 0.2) is 9.84 Å². The number of likely N-dealkylation sites (tertiary alicyclic amines) is 1. The third-order valence-corrected chi connectivity index (χ3v) is 6.80. The van der Waals surface area contributed by atoms with Gasteiger partial charge in [-0.2, -0.15) is 0 Å². The number of benzene rings is 1. The van der Waals surface area contributed by atoms with Crippen molar-refractivity contribution in [1.82, 2.24) is 9.88 Å². The van der Waals surface area contributed by atoms with Gasteiger partial charge in [-0.05, 0) is 50.2 Å². The summed E-state index contributed by atoms with van der Waals surface area (Å²) in [6.07, 6.45) is 5.22. The van der Waals surface area contributed by atoms with Gasteiger partial charge in [-0.15, -0.1) is 0 Å². The lowest BCUT2D eigenvalue weighted by atomic mass is 10.1. The molecule has 1 aliphatic heterocycles. The number of nitrogens with one attached hydrogen (secondary N) is 1. The van der Waals surface area contributed by atoms with Crippen molar-refractivity contribution in [3.8, 4) is 17.0 Å². The molecule has 0 saturated carbocycles. The highest BCUT2D eigenvalue weighted by Crippen LogP contribution is 2.30. The van der Waals surface area contributed by atoms with E-state index in [-0.39, 0.29) is 10.6 Å². The van der Waals surface area contributed by atoms with Crippen molar-refractivity contribution in [3.05, 3.63) is 36.0 Å². The first-order valence-electron chi connectivity index (χ1n) is 9.35. The maximum atomic E-state index is 12.2. The zero-order valence-electron chi connectivity index (χ0n) is 15.6. The molecule has 5 nitrogen and oxygen atoms in total. The molecular formula is C20H28N2O3S. The summed E-state index contributed by atoms with van der Waals surface area (Å²) >= 11 is 0. The average Bonchev–Trinajstić information content (AvgIpc) is 2.96. The largest absolute Gasteiger partial charge is 0.495 e. The minimum absolute atomic E-state index is 0.0607. The summed E-state index contributed by atoms with van der Waals surface area (Å²) in [5.74, 6) is 0.457. The summed E-state index contributed by atoms with van der Waals surface area (Å²) in [6.45, 7) is 4.89. The smallest absolute Gasteiger partial charge is 0.181 e. The van der Waals surface area contributed by atoms with Gasteiger partial charge in [0, 0.05) is 23.5 Å². The number of nitrogens with zero attached hydrogens (tertiary/aromatic N) is 1. The second-order valence-corrected chi connectivity index (χ2v) is 9.10. The second kappa shape index (κ2) is 8.27. The summed E-state index contributed by atoms with van der Waals surface area (Å²) in [5.41, 5.74) is 3.10. The number of sulfone groups is 1. The van der Waals surface area contributed by atoms with Crippen LogP contribution in [0.2, 0.25) is 0 Å². The third kappa shape index (κ3) is 4.30. The Labute approximate surface area is 156 Å². The van der Waals surface area contributed by atoms with E-state index in [0.717, 1.165) is 30.9 Å². The van der Waals surface area contributed by atoms with Crippen molar-refractivity contribution < 1.29 is 13.2 Å². The van der Waals surface area contributed by atoms with Gasteiger partial charge in [0.25, 0.3) is 0 Å². The highest BCUT2D eigenvalue weighted by Gasteiger charge is 2.18. The topological polar surface area (TPSA) is 62.4 Å². The number of rotatable bonds is 6. The number of H-pyrrole nitrogens is 1. The van der Waals surface area contributed by atoms with E-state index in [1.807, 2.05) is 6.07 Å². The van der Waals surface area contributed by atoms with Crippen LogP contribution in [0.3, 0.4) is 0 Å². The molecule has 0 aliphatic carbocycles. The number of hydrogen-bond donors (Lipinski definition) is 1. The Morgan fingerprint density at radius 1 is 1.08 bits per heavy atom.